The molecule has 0 spiro atoms. The highest BCUT2D eigenvalue weighted by Gasteiger charge is 2.21. The van der Waals surface area contributed by atoms with E-state index in [-0.39, 0.29) is 11.9 Å². The van der Waals surface area contributed by atoms with Crippen molar-refractivity contribution in [2.24, 2.45) is 0 Å². The third-order valence-corrected chi connectivity index (χ3v) is 3.87. The van der Waals surface area contributed by atoms with Crippen molar-refractivity contribution in [2.45, 2.75) is 18.9 Å². The Labute approximate surface area is 118 Å². The highest BCUT2D eigenvalue weighted by Crippen LogP contribution is 2.36. The number of anilines is 1. The predicted octanol–water partition coefficient (Wildman–Crippen LogP) is 1.58. The zero-order valence-electron chi connectivity index (χ0n) is 11.8. The van der Waals surface area contributed by atoms with Crippen molar-refractivity contribution in [3.63, 3.8) is 0 Å². The first-order valence-electron chi connectivity index (χ1n) is 7.23. The fraction of sp³-hybridized carbons (Fsp3) is 0.600. The van der Waals surface area contributed by atoms with Crippen molar-refractivity contribution in [3.8, 4) is 5.75 Å². The number of nitrogens with zero attached hydrogens (tertiary/aromatic N) is 1. The van der Waals surface area contributed by atoms with Gasteiger partial charge in [-0.05, 0) is 24.5 Å². The normalized spacial score (nSPS) is 22.5. The highest BCUT2D eigenvalue weighted by molar-refractivity contribution is 5.65. The van der Waals surface area contributed by atoms with Gasteiger partial charge in [0.25, 0.3) is 0 Å². The van der Waals surface area contributed by atoms with Crippen LogP contribution in [0.25, 0.3) is 0 Å². The van der Waals surface area contributed by atoms with Crippen LogP contribution in [0.3, 0.4) is 0 Å². The van der Waals surface area contributed by atoms with Crippen LogP contribution in [0.15, 0.2) is 12.1 Å². The van der Waals surface area contributed by atoms with E-state index < -0.39 is 0 Å². The van der Waals surface area contributed by atoms with Crippen LogP contribution in [0.1, 0.15) is 12.0 Å². The lowest BCUT2D eigenvalue weighted by Crippen LogP contribution is -2.41. The molecule has 2 aliphatic rings. The number of aryl methyl sites for hydroxylation is 1. The molecule has 0 aliphatic carbocycles. The van der Waals surface area contributed by atoms with Gasteiger partial charge in [-0.25, -0.2) is 4.39 Å². The minimum absolute atomic E-state index is 0.0385. The van der Waals surface area contributed by atoms with Crippen LogP contribution in [-0.4, -0.2) is 46.0 Å². The first-order chi connectivity index (χ1) is 9.74. The van der Waals surface area contributed by atoms with Crippen molar-refractivity contribution in [1.29, 1.82) is 0 Å². The molecular formula is C15H21FN2O2. The van der Waals surface area contributed by atoms with Crippen LogP contribution >= 0.6 is 0 Å². The van der Waals surface area contributed by atoms with Gasteiger partial charge in [0.2, 0.25) is 0 Å². The molecule has 1 fully saturated rings. The number of fused-ring (bicyclic) bond motifs is 1. The van der Waals surface area contributed by atoms with E-state index in [0.717, 1.165) is 43.7 Å². The number of hydrogen-bond donors (Lipinski definition) is 1. The van der Waals surface area contributed by atoms with E-state index >= 15 is 0 Å². The smallest absolute Gasteiger partial charge is 0.145 e. The van der Waals surface area contributed by atoms with Gasteiger partial charge in [0.05, 0.1) is 12.3 Å². The largest absolute Gasteiger partial charge is 0.489 e. The molecule has 0 amide bonds. The SMILES string of the molecule is CN1CCCc2cc(F)cc(OCC3CNCCO3)c21. The van der Waals surface area contributed by atoms with Crippen molar-refractivity contribution in [1.82, 2.24) is 5.32 Å². The second-order valence-electron chi connectivity index (χ2n) is 5.44. The number of morpholine rings is 1. The standard InChI is InChI=1S/C15H21FN2O2/c1-18-5-2-3-11-7-12(16)8-14(15(11)18)20-10-13-9-17-4-6-19-13/h7-8,13,17H,2-6,9-10H2,1H3. The lowest BCUT2D eigenvalue weighted by atomic mass is 10.0. The van der Waals surface area contributed by atoms with Gasteiger partial charge in [0.15, 0.2) is 0 Å². The summed E-state index contributed by atoms with van der Waals surface area (Å²) in [5.41, 5.74) is 2.07. The van der Waals surface area contributed by atoms with Gasteiger partial charge in [-0.1, -0.05) is 0 Å². The molecule has 20 heavy (non-hydrogen) atoms. The van der Waals surface area contributed by atoms with E-state index in [0.29, 0.717) is 19.0 Å². The molecule has 1 N–H and O–H groups in total. The maximum atomic E-state index is 13.7. The van der Waals surface area contributed by atoms with Gasteiger partial charge in [0.1, 0.15) is 24.3 Å². The van der Waals surface area contributed by atoms with Gasteiger partial charge in [-0.2, -0.15) is 0 Å². The second-order valence-corrected chi connectivity index (χ2v) is 5.44. The summed E-state index contributed by atoms with van der Waals surface area (Å²) in [6.45, 7) is 3.81. The maximum absolute atomic E-state index is 13.7. The van der Waals surface area contributed by atoms with Crippen molar-refractivity contribution >= 4 is 5.69 Å². The molecule has 4 nitrogen and oxygen atoms in total. The highest BCUT2D eigenvalue weighted by atomic mass is 19.1. The fourth-order valence-electron chi connectivity index (χ4n) is 2.89. The molecule has 1 aromatic rings. The Morgan fingerprint density at radius 2 is 2.40 bits per heavy atom. The van der Waals surface area contributed by atoms with Gasteiger partial charge < -0.3 is 19.7 Å². The van der Waals surface area contributed by atoms with Crippen LogP contribution in [0, 0.1) is 5.82 Å². The van der Waals surface area contributed by atoms with E-state index in [1.54, 1.807) is 6.07 Å². The number of rotatable bonds is 3. The van der Waals surface area contributed by atoms with Crippen LogP contribution in [-0.2, 0) is 11.2 Å². The number of ether oxygens (including phenoxy) is 2. The van der Waals surface area contributed by atoms with Crippen molar-refractivity contribution in [3.05, 3.63) is 23.5 Å². The molecule has 0 saturated carbocycles. The number of nitrogens with one attached hydrogen (secondary N) is 1. The molecular weight excluding hydrogens is 259 g/mol. The third kappa shape index (κ3) is 2.88. The Kier molecular flexibility index (Phi) is 4.08. The molecule has 1 aromatic carbocycles. The predicted molar refractivity (Wildman–Crippen MR) is 76.1 cm³/mol. The summed E-state index contributed by atoms with van der Waals surface area (Å²) in [6.07, 6.45) is 2.01. The van der Waals surface area contributed by atoms with Crippen LogP contribution in [0.4, 0.5) is 10.1 Å². The van der Waals surface area contributed by atoms with Gasteiger partial charge in [-0.3, -0.25) is 0 Å². The minimum Gasteiger partial charge on any atom is -0.489 e. The molecule has 1 atom stereocenters. The fourth-order valence-corrected chi connectivity index (χ4v) is 2.89. The zero-order chi connectivity index (χ0) is 13.9. The zero-order valence-corrected chi connectivity index (χ0v) is 11.8. The molecule has 2 heterocycles. The Morgan fingerprint density at radius 1 is 1.50 bits per heavy atom. The maximum Gasteiger partial charge on any atom is 0.145 e. The van der Waals surface area contributed by atoms with E-state index in [1.807, 2.05) is 7.05 Å². The quantitative estimate of drug-likeness (QED) is 0.911. The summed E-state index contributed by atoms with van der Waals surface area (Å²) >= 11 is 0. The lowest BCUT2D eigenvalue weighted by molar-refractivity contribution is 0.000215. The molecule has 5 heteroatoms. The summed E-state index contributed by atoms with van der Waals surface area (Å²) in [4.78, 5) is 2.15. The van der Waals surface area contributed by atoms with Crippen LogP contribution in [0.2, 0.25) is 0 Å². The molecule has 110 valence electrons. The topological polar surface area (TPSA) is 33.7 Å². The molecule has 2 aliphatic heterocycles. The molecule has 0 aromatic heterocycles. The average molecular weight is 280 g/mol. The number of halogens is 1. The minimum atomic E-state index is -0.225. The summed E-state index contributed by atoms with van der Waals surface area (Å²) in [5, 5.41) is 3.26. The molecule has 0 bridgehead atoms. The van der Waals surface area contributed by atoms with Gasteiger partial charge >= 0.3 is 0 Å². The monoisotopic (exact) mass is 280 g/mol. The third-order valence-electron chi connectivity index (χ3n) is 3.87. The Bertz CT molecular complexity index is 475. The van der Waals surface area contributed by atoms with Crippen LogP contribution < -0.4 is 15.0 Å². The average Bonchev–Trinajstić information content (AvgIpc) is 2.45. The first kappa shape index (κ1) is 13.6. The lowest BCUT2D eigenvalue weighted by Gasteiger charge is -2.30. The summed E-state index contributed by atoms with van der Waals surface area (Å²) < 4.78 is 25.2. The first-order valence-corrected chi connectivity index (χ1v) is 7.23. The molecule has 0 radical (unpaired) electrons. The van der Waals surface area contributed by atoms with Crippen LogP contribution in [0.5, 0.6) is 5.75 Å². The van der Waals surface area contributed by atoms with Crippen molar-refractivity contribution < 1.29 is 13.9 Å². The van der Waals surface area contributed by atoms with E-state index in [4.69, 9.17) is 9.47 Å². The summed E-state index contributed by atoms with van der Waals surface area (Å²) in [7, 11) is 2.03. The Morgan fingerprint density at radius 3 is 3.20 bits per heavy atom. The number of benzene rings is 1. The van der Waals surface area contributed by atoms with Gasteiger partial charge in [0, 0.05) is 32.7 Å². The number of hydrogen-bond acceptors (Lipinski definition) is 4. The van der Waals surface area contributed by atoms with Crippen molar-refractivity contribution in [2.75, 3.05) is 44.8 Å². The molecule has 1 saturated heterocycles. The van der Waals surface area contributed by atoms with Gasteiger partial charge in [-0.15, -0.1) is 0 Å². The second kappa shape index (κ2) is 5.97. The molecule has 1 unspecified atom stereocenters. The Balaban J connectivity index is 1.76. The molecule has 3 rings (SSSR count). The summed E-state index contributed by atoms with van der Waals surface area (Å²) in [6, 6.07) is 3.10. The van der Waals surface area contributed by atoms with E-state index in [9.17, 15) is 4.39 Å². The summed E-state index contributed by atoms with van der Waals surface area (Å²) in [5.74, 6) is 0.410. The van der Waals surface area contributed by atoms with E-state index in [2.05, 4.69) is 10.2 Å². The Hall–Kier alpha value is -1.33. The van der Waals surface area contributed by atoms with E-state index in [1.165, 1.54) is 6.07 Å².